The second-order valence-electron chi connectivity index (χ2n) is 5.62. The minimum absolute atomic E-state index is 0.248. The standard InChI is InChI=1S/C19H13FN4/c1-10-14(7-12-3-5-13(20)6-4-12)17-11(2)16(9-22)19(23)24-18(17)15(10)8-21/h3-7H,1-2H3,(H2,23,24)/p+1. The topological polar surface area (TPSA) is 87.7 Å². The van der Waals surface area contributed by atoms with Crippen LogP contribution >= 0.6 is 0 Å². The van der Waals surface area contributed by atoms with Crippen molar-refractivity contribution in [1.82, 2.24) is 0 Å². The number of fused-ring (bicyclic) bond motifs is 1. The quantitative estimate of drug-likeness (QED) is 0.875. The monoisotopic (exact) mass is 317 g/mol. The SMILES string of the molecule is CC1=C(C#N)c2[nH+]c(N)c(C#N)c(C)c2C1=Cc1ccc(F)cc1. The molecule has 5 heteroatoms. The van der Waals surface area contributed by atoms with Gasteiger partial charge in [0, 0.05) is 5.56 Å². The number of nitrogen functional groups attached to an aromatic ring is 1. The van der Waals surface area contributed by atoms with Crippen molar-refractivity contribution in [3.63, 3.8) is 0 Å². The average molecular weight is 317 g/mol. The number of pyridine rings is 1. The van der Waals surface area contributed by atoms with Crippen LogP contribution in [-0.4, -0.2) is 0 Å². The predicted octanol–water partition coefficient (Wildman–Crippen LogP) is 3.25. The Morgan fingerprint density at radius 2 is 1.79 bits per heavy atom. The van der Waals surface area contributed by atoms with Gasteiger partial charge in [0.05, 0.1) is 0 Å². The lowest BCUT2D eigenvalue weighted by molar-refractivity contribution is -0.364. The van der Waals surface area contributed by atoms with Gasteiger partial charge < -0.3 is 0 Å². The van der Waals surface area contributed by atoms with Crippen LogP contribution in [0.3, 0.4) is 0 Å². The summed E-state index contributed by atoms with van der Waals surface area (Å²) in [4.78, 5) is 2.98. The summed E-state index contributed by atoms with van der Waals surface area (Å²) in [7, 11) is 0. The molecule has 0 radical (unpaired) electrons. The number of H-pyrrole nitrogens is 1. The molecule has 1 aliphatic rings. The number of aromatic amines is 1. The number of halogens is 1. The maximum atomic E-state index is 13.1. The highest BCUT2D eigenvalue weighted by Crippen LogP contribution is 2.42. The zero-order valence-corrected chi connectivity index (χ0v) is 13.2. The van der Waals surface area contributed by atoms with E-state index in [1.54, 1.807) is 12.1 Å². The van der Waals surface area contributed by atoms with E-state index >= 15 is 0 Å². The fraction of sp³-hybridized carbons (Fsp3) is 0.105. The van der Waals surface area contributed by atoms with E-state index in [2.05, 4.69) is 17.1 Å². The van der Waals surface area contributed by atoms with Crippen molar-refractivity contribution in [1.29, 1.82) is 10.5 Å². The highest BCUT2D eigenvalue weighted by molar-refractivity contribution is 6.07. The van der Waals surface area contributed by atoms with Gasteiger partial charge in [-0.05, 0) is 54.3 Å². The normalized spacial score (nSPS) is 14.5. The summed E-state index contributed by atoms with van der Waals surface area (Å²) in [5, 5.41) is 18.8. The number of hydrogen-bond donors (Lipinski definition) is 1. The third-order valence-electron chi connectivity index (χ3n) is 4.23. The first-order chi connectivity index (χ1) is 11.5. The zero-order chi connectivity index (χ0) is 17.4. The maximum absolute atomic E-state index is 13.1. The lowest BCUT2D eigenvalue weighted by Crippen LogP contribution is -2.20. The van der Waals surface area contributed by atoms with E-state index in [9.17, 15) is 14.9 Å². The van der Waals surface area contributed by atoms with Crippen LogP contribution in [0.4, 0.5) is 10.2 Å². The lowest BCUT2D eigenvalue weighted by atomic mass is 9.95. The molecule has 2 aromatic rings. The minimum Gasteiger partial charge on any atom is -0.286 e. The Bertz CT molecular complexity index is 1000. The van der Waals surface area contributed by atoms with Crippen molar-refractivity contribution >= 4 is 23.0 Å². The molecule has 3 N–H and O–H groups in total. The van der Waals surface area contributed by atoms with Crippen LogP contribution in [0.2, 0.25) is 0 Å². The van der Waals surface area contributed by atoms with E-state index in [1.165, 1.54) is 12.1 Å². The molecule has 0 bridgehead atoms. The first kappa shape index (κ1) is 15.5. The van der Waals surface area contributed by atoms with Crippen molar-refractivity contribution in [3.05, 3.63) is 63.6 Å². The molecule has 1 aromatic carbocycles. The van der Waals surface area contributed by atoms with E-state index in [1.807, 2.05) is 19.9 Å². The molecule has 0 saturated heterocycles. The summed E-state index contributed by atoms with van der Waals surface area (Å²) in [5.74, 6) is -0.0599. The number of benzene rings is 1. The molecular formula is C19H14FN4+. The van der Waals surface area contributed by atoms with Crippen LogP contribution in [0.15, 0.2) is 29.8 Å². The summed E-state index contributed by atoms with van der Waals surface area (Å²) in [5.41, 5.74) is 11.4. The Morgan fingerprint density at radius 3 is 2.38 bits per heavy atom. The van der Waals surface area contributed by atoms with Crippen molar-refractivity contribution in [2.24, 2.45) is 0 Å². The van der Waals surface area contributed by atoms with Crippen LogP contribution in [0.1, 0.15) is 34.9 Å². The Hall–Kier alpha value is -3.44. The largest absolute Gasteiger partial charge is 0.289 e. The number of rotatable bonds is 1. The summed E-state index contributed by atoms with van der Waals surface area (Å²) < 4.78 is 13.1. The molecule has 3 rings (SSSR count). The van der Waals surface area contributed by atoms with Crippen molar-refractivity contribution < 1.29 is 9.37 Å². The molecule has 0 atom stereocenters. The third kappa shape index (κ3) is 2.24. The molecule has 24 heavy (non-hydrogen) atoms. The minimum atomic E-state index is -0.307. The van der Waals surface area contributed by atoms with Gasteiger partial charge >= 0.3 is 0 Å². The molecular weight excluding hydrogens is 303 g/mol. The first-order valence-electron chi connectivity index (χ1n) is 7.32. The number of anilines is 1. The number of nitriles is 2. The molecule has 1 aromatic heterocycles. The Balaban J connectivity index is 2.31. The van der Waals surface area contributed by atoms with Gasteiger partial charge in [-0.25, -0.2) is 9.37 Å². The average Bonchev–Trinajstić information content (AvgIpc) is 2.81. The number of nitrogens with one attached hydrogen (secondary N) is 1. The highest BCUT2D eigenvalue weighted by Gasteiger charge is 2.32. The summed E-state index contributed by atoms with van der Waals surface area (Å²) in [6.45, 7) is 3.66. The van der Waals surface area contributed by atoms with Crippen LogP contribution in [0.25, 0.3) is 17.2 Å². The van der Waals surface area contributed by atoms with Gasteiger partial charge in [-0.1, -0.05) is 12.1 Å². The van der Waals surface area contributed by atoms with Gasteiger partial charge in [-0.2, -0.15) is 10.5 Å². The lowest BCUT2D eigenvalue weighted by Gasteiger charge is -2.08. The summed E-state index contributed by atoms with van der Waals surface area (Å²) >= 11 is 0. The molecule has 4 nitrogen and oxygen atoms in total. The van der Waals surface area contributed by atoms with Crippen molar-refractivity contribution in [2.75, 3.05) is 5.73 Å². The molecule has 116 valence electrons. The van der Waals surface area contributed by atoms with Crippen LogP contribution < -0.4 is 10.7 Å². The van der Waals surface area contributed by atoms with Gasteiger partial charge in [0.1, 0.15) is 29.1 Å². The molecule has 0 saturated carbocycles. The maximum Gasteiger partial charge on any atom is 0.289 e. The molecule has 1 heterocycles. The van der Waals surface area contributed by atoms with Crippen LogP contribution in [-0.2, 0) is 0 Å². The Labute approximate surface area is 139 Å². The van der Waals surface area contributed by atoms with E-state index < -0.39 is 0 Å². The molecule has 1 aliphatic carbocycles. The van der Waals surface area contributed by atoms with Gasteiger partial charge in [-0.15, -0.1) is 0 Å². The van der Waals surface area contributed by atoms with E-state index in [0.29, 0.717) is 16.8 Å². The number of nitrogens with two attached hydrogens (primary N) is 1. The number of allylic oxidation sites excluding steroid dienone is 3. The van der Waals surface area contributed by atoms with E-state index in [-0.39, 0.29) is 11.6 Å². The molecule has 0 amide bonds. The number of nitrogens with zero attached hydrogens (tertiary/aromatic N) is 2. The first-order valence-corrected chi connectivity index (χ1v) is 7.32. The second-order valence-corrected chi connectivity index (χ2v) is 5.62. The predicted molar refractivity (Wildman–Crippen MR) is 89.3 cm³/mol. The van der Waals surface area contributed by atoms with E-state index in [4.69, 9.17) is 5.73 Å². The number of aromatic nitrogens is 1. The Kier molecular flexibility index (Phi) is 3.63. The smallest absolute Gasteiger partial charge is 0.286 e. The van der Waals surface area contributed by atoms with Gasteiger partial charge in [-0.3, -0.25) is 5.73 Å². The highest BCUT2D eigenvalue weighted by atomic mass is 19.1. The van der Waals surface area contributed by atoms with Crippen LogP contribution in [0, 0.1) is 35.4 Å². The molecule has 0 aliphatic heterocycles. The molecule has 0 unspecified atom stereocenters. The zero-order valence-electron chi connectivity index (χ0n) is 13.2. The fourth-order valence-corrected chi connectivity index (χ4v) is 3.00. The molecule has 0 fully saturated rings. The third-order valence-corrected chi connectivity index (χ3v) is 4.23. The van der Waals surface area contributed by atoms with Gasteiger partial charge in [0.25, 0.3) is 5.82 Å². The van der Waals surface area contributed by atoms with Gasteiger partial charge in [0.2, 0.25) is 0 Å². The summed E-state index contributed by atoms with van der Waals surface area (Å²) in [6.07, 6.45) is 1.89. The Morgan fingerprint density at radius 1 is 1.12 bits per heavy atom. The fourth-order valence-electron chi connectivity index (χ4n) is 3.00. The van der Waals surface area contributed by atoms with Crippen molar-refractivity contribution in [2.45, 2.75) is 13.8 Å². The number of hydrogen-bond acceptors (Lipinski definition) is 3. The second kappa shape index (κ2) is 5.64. The molecule has 0 spiro atoms. The van der Waals surface area contributed by atoms with E-state index in [0.717, 1.165) is 27.8 Å². The van der Waals surface area contributed by atoms with Gasteiger partial charge in [0.15, 0.2) is 5.69 Å². The summed E-state index contributed by atoms with van der Waals surface area (Å²) in [6, 6.07) is 10.4. The van der Waals surface area contributed by atoms with Crippen molar-refractivity contribution in [3.8, 4) is 12.1 Å². The van der Waals surface area contributed by atoms with Crippen LogP contribution in [0.5, 0.6) is 0 Å².